The van der Waals surface area contributed by atoms with E-state index in [0.29, 0.717) is 0 Å². The van der Waals surface area contributed by atoms with Gasteiger partial charge in [-0.25, -0.2) is 0 Å². The van der Waals surface area contributed by atoms with Crippen LogP contribution in [0.3, 0.4) is 0 Å². The van der Waals surface area contributed by atoms with E-state index < -0.39 is 0 Å². The fourth-order valence-electron chi connectivity index (χ4n) is 2.61. The summed E-state index contributed by atoms with van der Waals surface area (Å²) < 4.78 is 0. The molecule has 0 saturated carbocycles. The van der Waals surface area contributed by atoms with E-state index in [1.807, 2.05) is 60.7 Å². The Labute approximate surface area is 198 Å². The first-order valence-electron chi connectivity index (χ1n) is 9.78. The van der Waals surface area contributed by atoms with Gasteiger partial charge in [0.15, 0.2) is 0 Å². The summed E-state index contributed by atoms with van der Waals surface area (Å²) in [6.45, 7) is 16.0. The summed E-state index contributed by atoms with van der Waals surface area (Å²) in [5, 5.41) is 0. The van der Waals surface area contributed by atoms with Gasteiger partial charge in [0.2, 0.25) is 0 Å². The van der Waals surface area contributed by atoms with Gasteiger partial charge in [0.25, 0.3) is 0 Å². The molecule has 0 amide bonds. The molecule has 0 spiro atoms. The molecule has 0 atom stereocenters. The number of rotatable bonds is 0. The quantitative estimate of drug-likeness (QED) is 0.346. The van der Waals surface area contributed by atoms with E-state index in [1.54, 1.807) is 0 Å². The van der Waals surface area contributed by atoms with Crippen molar-refractivity contribution in [3.8, 4) is 0 Å². The van der Waals surface area contributed by atoms with Gasteiger partial charge in [-0.1, -0.05) is 58.7 Å². The molecule has 150 valence electrons. The summed E-state index contributed by atoms with van der Waals surface area (Å²) in [5.74, 6) is 0. The van der Waals surface area contributed by atoms with Crippen LogP contribution in [0.4, 0.5) is 0 Å². The van der Waals surface area contributed by atoms with Crippen LogP contribution in [0.2, 0.25) is 0 Å². The first-order chi connectivity index (χ1) is 13.4. The van der Waals surface area contributed by atoms with Crippen molar-refractivity contribution < 1.29 is 26.2 Å². The number of allylic oxidation sites excluding steroid dienone is 8. The monoisotopic (exact) mass is 460 g/mol. The SMILES string of the molecule is CC1=CCC(C)=C1.CC1=CCC(C)=C1.[CH2-]c1ccccc1.[CH2-]c1ccccc1.[Zr+2]. The van der Waals surface area contributed by atoms with Crippen LogP contribution in [-0.4, -0.2) is 0 Å². The van der Waals surface area contributed by atoms with Crippen molar-refractivity contribution in [2.45, 2.75) is 40.5 Å². The van der Waals surface area contributed by atoms with E-state index in [2.05, 4.69) is 65.8 Å². The predicted octanol–water partition coefficient (Wildman–Crippen LogP) is 8.30. The van der Waals surface area contributed by atoms with Crippen LogP contribution in [0, 0.1) is 13.8 Å². The number of hydrogen-bond donors (Lipinski definition) is 0. The van der Waals surface area contributed by atoms with Crippen molar-refractivity contribution in [1.29, 1.82) is 0 Å². The van der Waals surface area contributed by atoms with E-state index in [-0.39, 0.29) is 26.2 Å². The standard InChI is InChI=1S/2C7H10.2C7H7.Zr/c2*1-6-3-4-7(2)5-6;2*1-7-5-3-2-4-6-7;/h2*3,5H,4H2,1-2H3;2*2-6H,1H2;/q;;2*-1;+2. The minimum absolute atomic E-state index is 0. The molecule has 1 heteroatoms. The zero-order valence-corrected chi connectivity index (χ0v) is 20.9. The third kappa shape index (κ3) is 14.6. The molecule has 2 aliphatic rings. The summed E-state index contributed by atoms with van der Waals surface area (Å²) >= 11 is 0. The van der Waals surface area contributed by atoms with Gasteiger partial charge in [0.1, 0.15) is 0 Å². The molecule has 0 N–H and O–H groups in total. The van der Waals surface area contributed by atoms with Gasteiger partial charge in [0.05, 0.1) is 0 Å². The molecule has 2 aromatic rings. The molecule has 0 fully saturated rings. The third-order valence-corrected chi connectivity index (χ3v) is 4.13. The zero-order valence-electron chi connectivity index (χ0n) is 18.4. The molecular formula is C28H34Zr. The number of hydrogen-bond acceptors (Lipinski definition) is 0. The second-order valence-corrected chi connectivity index (χ2v) is 7.26. The second-order valence-electron chi connectivity index (χ2n) is 7.26. The molecule has 0 saturated heterocycles. The van der Waals surface area contributed by atoms with Gasteiger partial charge in [-0.05, 0) is 40.5 Å². The van der Waals surface area contributed by atoms with Gasteiger partial charge >= 0.3 is 26.2 Å². The molecule has 0 nitrogen and oxygen atoms in total. The van der Waals surface area contributed by atoms with Crippen LogP contribution in [0.25, 0.3) is 0 Å². The average molecular weight is 462 g/mol. The Morgan fingerprint density at radius 3 is 0.966 bits per heavy atom. The summed E-state index contributed by atoms with van der Waals surface area (Å²) in [6.07, 6.45) is 11.3. The second kappa shape index (κ2) is 15.9. The average Bonchev–Trinajstić information content (AvgIpc) is 3.24. The van der Waals surface area contributed by atoms with Gasteiger partial charge < -0.3 is 0 Å². The molecular weight excluding hydrogens is 428 g/mol. The number of benzene rings is 2. The maximum Gasteiger partial charge on any atom is 2.00 e. The van der Waals surface area contributed by atoms with E-state index in [4.69, 9.17) is 0 Å². The zero-order chi connectivity index (χ0) is 20.8. The Morgan fingerprint density at radius 2 is 0.862 bits per heavy atom. The van der Waals surface area contributed by atoms with Crippen LogP contribution in [-0.2, 0) is 26.2 Å². The largest absolute Gasteiger partial charge is 2.00 e. The third-order valence-electron chi connectivity index (χ3n) is 4.13. The molecule has 0 heterocycles. The van der Waals surface area contributed by atoms with Crippen LogP contribution in [0.1, 0.15) is 51.7 Å². The molecule has 0 aromatic heterocycles. The van der Waals surface area contributed by atoms with E-state index in [9.17, 15) is 0 Å². The molecule has 0 unspecified atom stereocenters. The fourth-order valence-corrected chi connectivity index (χ4v) is 2.61. The van der Waals surface area contributed by atoms with Crippen LogP contribution in [0.5, 0.6) is 0 Å². The topological polar surface area (TPSA) is 0 Å². The Hall–Kier alpha value is -1.98. The van der Waals surface area contributed by atoms with Gasteiger partial charge in [0, 0.05) is 0 Å². The summed E-state index contributed by atoms with van der Waals surface area (Å²) in [5.41, 5.74) is 7.94. The molecule has 0 bridgehead atoms. The molecule has 29 heavy (non-hydrogen) atoms. The van der Waals surface area contributed by atoms with Crippen molar-refractivity contribution in [2.24, 2.45) is 0 Å². The van der Waals surface area contributed by atoms with Crippen LogP contribution >= 0.6 is 0 Å². The smallest absolute Gasteiger partial charge is 0.199 e. The minimum Gasteiger partial charge on any atom is -0.199 e. The molecule has 2 aliphatic carbocycles. The maximum atomic E-state index is 3.72. The van der Waals surface area contributed by atoms with E-state index in [1.165, 1.54) is 35.1 Å². The first kappa shape index (κ1) is 27.0. The van der Waals surface area contributed by atoms with Crippen molar-refractivity contribution in [3.63, 3.8) is 0 Å². The van der Waals surface area contributed by atoms with E-state index in [0.717, 1.165) is 11.1 Å². The first-order valence-corrected chi connectivity index (χ1v) is 9.78. The van der Waals surface area contributed by atoms with Crippen molar-refractivity contribution in [1.82, 2.24) is 0 Å². The normalized spacial score (nSPS) is 13.4. The molecule has 0 radical (unpaired) electrons. The van der Waals surface area contributed by atoms with Crippen LogP contribution < -0.4 is 0 Å². The molecule has 2 aromatic carbocycles. The Balaban J connectivity index is 0.000000356. The summed E-state index contributed by atoms with van der Waals surface area (Å²) in [6, 6.07) is 19.7. The molecule has 0 aliphatic heterocycles. The van der Waals surface area contributed by atoms with Crippen molar-refractivity contribution in [2.75, 3.05) is 0 Å². The Bertz CT molecular complexity index is 734. The van der Waals surface area contributed by atoms with Crippen molar-refractivity contribution in [3.05, 3.63) is 132 Å². The van der Waals surface area contributed by atoms with E-state index >= 15 is 0 Å². The minimum atomic E-state index is 0. The van der Waals surface area contributed by atoms with Gasteiger partial charge in [-0.15, -0.1) is 24.3 Å². The molecule has 4 rings (SSSR count). The Morgan fingerprint density at radius 1 is 0.552 bits per heavy atom. The van der Waals surface area contributed by atoms with Gasteiger partial charge in [-0.2, -0.15) is 49.2 Å². The van der Waals surface area contributed by atoms with Gasteiger partial charge in [-0.3, -0.25) is 0 Å². The van der Waals surface area contributed by atoms with Crippen LogP contribution in [0.15, 0.2) is 107 Å². The predicted molar refractivity (Wildman–Crippen MR) is 126 cm³/mol. The maximum absolute atomic E-state index is 3.72. The van der Waals surface area contributed by atoms with Crippen molar-refractivity contribution >= 4 is 0 Å². The fraction of sp³-hybridized carbons (Fsp3) is 0.214. The summed E-state index contributed by atoms with van der Waals surface area (Å²) in [7, 11) is 0. The Kier molecular flexibility index (Phi) is 14.8. The summed E-state index contributed by atoms with van der Waals surface area (Å²) in [4.78, 5) is 0.